The van der Waals surface area contributed by atoms with Crippen molar-refractivity contribution in [2.45, 2.75) is 45.4 Å². The van der Waals surface area contributed by atoms with Crippen molar-refractivity contribution < 1.29 is 19.4 Å². The summed E-state index contributed by atoms with van der Waals surface area (Å²) < 4.78 is 5.74. The van der Waals surface area contributed by atoms with Gasteiger partial charge in [-0.25, -0.2) is 4.79 Å². The maximum absolute atomic E-state index is 12.5. The van der Waals surface area contributed by atoms with Crippen LogP contribution in [0.15, 0.2) is 42.5 Å². The minimum atomic E-state index is -1.16. The molecule has 1 amide bonds. The van der Waals surface area contributed by atoms with Gasteiger partial charge in [0.25, 0.3) is 5.91 Å². The third-order valence-corrected chi connectivity index (χ3v) is 4.56. The van der Waals surface area contributed by atoms with Crippen molar-refractivity contribution in [2.75, 3.05) is 11.9 Å². The van der Waals surface area contributed by atoms with Gasteiger partial charge in [0, 0.05) is 10.6 Å². The third kappa shape index (κ3) is 6.89. The molecule has 6 heteroatoms. The summed E-state index contributed by atoms with van der Waals surface area (Å²) in [6.07, 6.45) is 7.09. The lowest BCUT2D eigenvalue weighted by Gasteiger charge is -2.11. The summed E-state index contributed by atoms with van der Waals surface area (Å²) in [6, 6.07) is 11.2. The van der Waals surface area contributed by atoms with Crippen LogP contribution in [0.25, 0.3) is 0 Å². The van der Waals surface area contributed by atoms with Crippen molar-refractivity contribution >= 4 is 29.2 Å². The van der Waals surface area contributed by atoms with E-state index in [1.165, 1.54) is 43.9 Å². The molecule has 0 aliphatic heterocycles. The molecule has 0 saturated heterocycles. The predicted octanol–water partition coefficient (Wildman–Crippen LogP) is 6.03. The molecule has 0 fully saturated rings. The van der Waals surface area contributed by atoms with Gasteiger partial charge in [0.15, 0.2) is 0 Å². The quantitative estimate of drug-likeness (QED) is 0.449. The summed E-state index contributed by atoms with van der Waals surface area (Å²) in [7, 11) is 0. The molecule has 0 aliphatic carbocycles. The van der Waals surface area contributed by atoms with E-state index in [2.05, 4.69) is 12.2 Å². The summed E-state index contributed by atoms with van der Waals surface area (Å²) in [4.78, 5) is 23.9. The average Bonchev–Trinajstić information content (AvgIpc) is 2.68. The Hall–Kier alpha value is -2.53. The number of carboxylic acid groups (broad SMARTS) is 1. The number of halogens is 1. The summed E-state index contributed by atoms with van der Waals surface area (Å²) in [5.41, 5.74) is 0.531. The number of ether oxygens (including phenoxy) is 1. The lowest BCUT2D eigenvalue weighted by atomic mass is 10.1. The zero-order valence-electron chi connectivity index (χ0n) is 16.0. The van der Waals surface area contributed by atoms with Crippen LogP contribution in [0.3, 0.4) is 0 Å². The van der Waals surface area contributed by atoms with E-state index >= 15 is 0 Å². The zero-order chi connectivity index (χ0) is 20.4. The fourth-order valence-corrected chi connectivity index (χ4v) is 2.97. The van der Waals surface area contributed by atoms with Crippen molar-refractivity contribution in [3.05, 3.63) is 58.6 Å². The van der Waals surface area contributed by atoms with Crippen molar-refractivity contribution in [2.24, 2.45) is 0 Å². The van der Waals surface area contributed by atoms with Gasteiger partial charge in [0.2, 0.25) is 0 Å². The van der Waals surface area contributed by atoms with Gasteiger partial charge in [-0.1, -0.05) is 56.7 Å². The SMILES string of the molecule is CCCCCCCCOc1cccc(C(=O)Nc2ccc(Cl)cc2C(=O)O)c1. The second-order valence-electron chi connectivity index (χ2n) is 6.59. The van der Waals surface area contributed by atoms with Crippen LogP contribution in [-0.2, 0) is 0 Å². The Balaban J connectivity index is 1.93. The van der Waals surface area contributed by atoms with Crippen molar-refractivity contribution in [3.63, 3.8) is 0 Å². The van der Waals surface area contributed by atoms with Gasteiger partial charge in [0.05, 0.1) is 17.9 Å². The minimum Gasteiger partial charge on any atom is -0.494 e. The van der Waals surface area contributed by atoms with Crippen LogP contribution >= 0.6 is 11.6 Å². The number of hydrogen-bond acceptors (Lipinski definition) is 3. The molecule has 2 rings (SSSR count). The number of nitrogens with one attached hydrogen (secondary N) is 1. The number of amides is 1. The van der Waals surface area contributed by atoms with Gasteiger partial charge < -0.3 is 15.2 Å². The average molecular weight is 404 g/mol. The molecule has 0 atom stereocenters. The second kappa shape index (κ2) is 11.3. The Morgan fingerprint density at radius 1 is 1.04 bits per heavy atom. The Morgan fingerprint density at radius 2 is 1.79 bits per heavy atom. The van der Waals surface area contributed by atoms with Gasteiger partial charge in [0.1, 0.15) is 5.75 Å². The van der Waals surface area contributed by atoms with Crippen LogP contribution in [0, 0.1) is 0 Å². The highest BCUT2D eigenvalue weighted by Gasteiger charge is 2.14. The molecule has 0 heterocycles. The lowest BCUT2D eigenvalue weighted by molar-refractivity contribution is 0.0698. The number of unbranched alkanes of at least 4 members (excludes halogenated alkanes) is 5. The molecule has 2 aromatic carbocycles. The first-order chi connectivity index (χ1) is 13.5. The predicted molar refractivity (Wildman–Crippen MR) is 112 cm³/mol. The number of benzene rings is 2. The molecular weight excluding hydrogens is 378 g/mol. The van der Waals surface area contributed by atoms with Gasteiger partial charge in [-0.15, -0.1) is 0 Å². The number of anilines is 1. The van der Waals surface area contributed by atoms with E-state index in [0.29, 0.717) is 22.9 Å². The first-order valence-electron chi connectivity index (χ1n) is 9.58. The maximum Gasteiger partial charge on any atom is 0.337 e. The van der Waals surface area contributed by atoms with E-state index in [1.807, 2.05) is 0 Å². The highest BCUT2D eigenvalue weighted by atomic mass is 35.5. The van der Waals surface area contributed by atoms with Crippen LogP contribution in [-0.4, -0.2) is 23.6 Å². The Kier molecular flexibility index (Phi) is 8.82. The van der Waals surface area contributed by atoms with E-state index in [-0.39, 0.29) is 11.3 Å². The lowest BCUT2D eigenvalue weighted by Crippen LogP contribution is -2.15. The fraction of sp³-hybridized carbons (Fsp3) is 0.364. The number of carbonyl (C=O) groups is 2. The largest absolute Gasteiger partial charge is 0.494 e. The number of carboxylic acids is 1. The second-order valence-corrected chi connectivity index (χ2v) is 7.03. The Morgan fingerprint density at radius 3 is 2.54 bits per heavy atom. The van der Waals surface area contributed by atoms with Crippen LogP contribution in [0.1, 0.15) is 66.2 Å². The van der Waals surface area contributed by atoms with E-state index in [4.69, 9.17) is 16.3 Å². The van der Waals surface area contributed by atoms with Crippen molar-refractivity contribution in [1.82, 2.24) is 0 Å². The van der Waals surface area contributed by atoms with Gasteiger partial charge in [-0.2, -0.15) is 0 Å². The molecule has 28 heavy (non-hydrogen) atoms. The molecule has 150 valence electrons. The van der Waals surface area contributed by atoms with Crippen LogP contribution in [0.2, 0.25) is 5.02 Å². The minimum absolute atomic E-state index is 0.0590. The molecule has 0 aliphatic rings. The van der Waals surface area contributed by atoms with E-state index in [1.54, 1.807) is 24.3 Å². The van der Waals surface area contributed by atoms with Crippen LogP contribution < -0.4 is 10.1 Å². The number of hydrogen-bond donors (Lipinski definition) is 2. The fourth-order valence-electron chi connectivity index (χ4n) is 2.80. The molecule has 0 bridgehead atoms. The molecule has 5 nitrogen and oxygen atoms in total. The summed E-state index contributed by atoms with van der Waals surface area (Å²) in [6.45, 7) is 2.80. The monoisotopic (exact) mass is 403 g/mol. The molecule has 0 unspecified atom stereocenters. The molecule has 2 aromatic rings. The highest BCUT2D eigenvalue weighted by molar-refractivity contribution is 6.31. The van der Waals surface area contributed by atoms with Crippen molar-refractivity contribution in [3.8, 4) is 5.75 Å². The van der Waals surface area contributed by atoms with E-state index in [0.717, 1.165) is 12.8 Å². The van der Waals surface area contributed by atoms with Gasteiger partial charge in [-0.05, 0) is 42.8 Å². The molecular formula is C22H26ClNO4. The first-order valence-corrected chi connectivity index (χ1v) is 9.96. The smallest absolute Gasteiger partial charge is 0.337 e. The molecule has 0 saturated carbocycles. The Labute approximate surface area is 170 Å². The summed E-state index contributed by atoms with van der Waals surface area (Å²) in [5, 5.41) is 12.2. The molecule has 0 spiro atoms. The Bertz CT molecular complexity index is 807. The summed E-state index contributed by atoms with van der Waals surface area (Å²) in [5.74, 6) is -0.945. The van der Waals surface area contributed by atoms with Crippen molar-refractivity contribution in [1.29, 1.82) is 0 Å². The van der Waals surface area contributed by atoms with Crippen LogP contribution in [0.4, 0.5) is 5.69 Å². The molecule has 0 aromatic heterocycles. The molecule has 0 radical (unpaired) electrons. The standard InChI is InChI=1S/C22H26ClNO4/c1-2-3-4-5-6-7-13-28-18-10-8-9-16(14-18)21(25)24-20-12-11-17(23)15-19(20)22(26)27/h8-12,14-15H,2-7,13H2,1H3,(H,24,25)(H,26,27). The number of aromatic carboxylic acids is 1. The van der Waals surface area contributed by atoms with Gasteiger partial charge in [-0.3, -0.25) is 4.79 Å². The first kappa shape index (κ1) is 21.8. The summed E-state index contributed by atoms with van der Waals surface area (Å²) >= 11 is 5.84. The van der Waals surface area contributed by atoms with E-state index in [9.17, 15) is 14.7 Å². The highest BCUT2D eigenvalue weighted by Crippen LogP contribution is 2.22. The topological polar surface area (TPSA) is 75.6 Å². The van der Waals surface area contributed by atoms with Gasteiger partial charge >= 0.3 is 5.97 Å². The van der Waals surface area contributed by atoms with Crippen LogP contribution in [0.5, 0.6) is 5.75 Å². The number of rotatable bonds is 11. The molecule has 2 N–H and O–H groups in total. The maximum atomic E-state index is 12.5. The third-order valence-electron chi connectivity index (χ3n) is 4.32. The van der Waals surface area contributed by atoms with E-state index < -0.39 is 11.9 Å². The number of carbonyl (C=O) groups excluding carboxylic acids is 1. The normalized spacial score (nSPS) is 10.5. The zero-order valence-corrected chi connectivity index (χ0v) is 16.8.